The van der Waals surface area contributed by atoms with Crippen LogP contribution in [0, 0.1) is 5.82 Å². The Balaban J connectivity index is 1.87. The number of nitrogens with one attached hydrogen (secondary N) is 2. The van der Waals surface area contributed by atoms with Crippen molar-refractivity contribution < 1.29 is 23.5 Å². The average Bonchev–Trinajstić information content (AvgIpc) is 2.60. The molecule has 2 amide bonds. The number of ether oxygens (including phenoxy) is 2. The van der Waals surface area contributed by atoms with E-state index in [1.54, 1.807) is 24.3 Å². The van der Waals surface area contributed by atoms with Crippen molar-refractivity contribution in [2.45, 2.75) is 0 Å². The number of carbonyl (C=O) groups is 2. The Kier molecular flexibility index (Phi) is 5.97. The molecule has 126 valence electrons. The molecule has 0 saturated heterocycles. The molecule has 0 atom stereocenters. The van der Waals surface area contributed by atoms with Crippen molar-refractivity contribution >= 4 is 23.4 Å². The molecule has 6 nitrogen and oxygen atoms in total. The van der Waals surface area contributed by atoms with Crippen LogP contribution >= 0.6 is 11.6 Å². The minimum Gasteiger partial charge on any atom is -0.493 e. The van der Waals surface area contributed by atoms with Gasteiger partial charge in [-0.1, -0.05) is 23.7 Å². The molecule has 2 rings (SSSR count). The van der Waals surface area contributed by atoms with Crippen molar-refractivity contribution in [3.8, 4) is 11.5 Å². The zero-order valence-electron chi connectivity index (χ0n) is 12.6. The lowest BCUT2D eigenvalue weighted by Gasteiger charge is -2.11. The first kappa shape index (κ1) is 17.6. The number of hydrazine groups is 1. The van der Waals surface area contributed by atoms with Crippen LogP contribution < -0.4 is 20.3 Å². The van der Waals surface area contributed by atoms with E-state index >= 15 is 0 Å². The van der Waals surface area contributed by atoms with Gasteiger partial charge in [0.2, 0.25) is 0 Å². The quantitative estimate of drug-likeness (QED) is 0.810. The van der Waals surface area contributed by atoms with E-state index in [9.17, 15) is 14.0 Å². The Bertz CT molecular complexity index is 755. The second-order valence-electron chi connectivity index (χ2n) is 4.57. The Morgan fingerprint density at radius 1 is 1.12 bits per heavy atom. The maximum Gasteiger partial charge on any atom is 0.276 e. The van der Waals surface area contributed by atoms with Gasteiger partial charge in [-0.25, -0.2) is 4.39 Å². The highest BCUT2D eigenvalue weighted by Gasteiger charge is 2.13. The van der Waals surface area contributed by atoms with Gasteiger partial charge >= 0.3 is 0 Å². The molecule has 2 aromatic rings. The standard InChI is InChI=1S/C16H14ClFN2O4/c1-23-13-4-2-3-5-14(13)24-9-15(21)19-20-16(22)11-8-10(17)6-7-12(11)18/h2-8H,9H2,1H3,(H,19,21)(H,20,22). The summed E-state index contributed by atoms with van der Waals surface area (Å²) < 4.78 is 23.9. The number of rotatable bonds is 5. The fourth-order valence-corrected chi connectivity index (χ4v) is 1.95. The number of hydrogen-bond donors (Lipinski definition) is 2. The molecule has 0 aromatic heterocycles. The van der Waals surface area contributed by atoms with Crippen LogP contribution in [0.3, 0.4) is 0 Å². The van der Waals surface area contributed by atoms with E-state index < -0.39 is 17.6 Å². The van der Waals surface area contributed by atoms with E-state index in [0.29, 0.717) is 11.5 Å². The first-order valence-electron chi connectivity index (χ1n) is 6.81. The zero-order chi connectivity index (χ0) is 17.5. The highest BCUT2D eigenvalue weighted by molar-refractivity contribution is 6.31. The van der Waals surface area contributed by atoms with Crippen molar-refractivity contribution in [2.75, 3.05) is 13.7 Å². The van der Waals surface area contributed by atoms with Crippen molar-refractivity contribution in [1.82, 2.24) is 10.9 Å². The average molecular weight is 353 g/mol. The van der Waals surface area contributed by atoms with Gasteiger partial charge in [0.1, 0.15) is 5.82 Å². The third kappa shape index (κ3) is 4.60. The first-order chi connectivity index (χ1) is 11.5. The summed E-state index contributed by atoms with van der Waals surface area (Å²) in [6, 6.07) is 10.3. The lowest BCUT2D eigenvalue weighted by Crippen LogP contribution is -2.44. The normalized spacial score (nSPS) is 9.96. The van der Waals surface area contributed by atoms with Gasteiger partial charge in [0.25, 0.3) is 11.8 Å². The summed E-state index contributed by atoms with van der Waals surface area (Å²) in [6.45, 7) is -0.362. The Labute approximate surface area is 142 Å². The molecule has 0 aliphatic rings. The minimum atomic E-state index is -0.833. The van der Waals surface area contributed by atoms with Crippen LogP contribution in [0.5, 0.6) is 11.5 Å². The predicted molar refractivity (Wildman–Crippen MR) is 85.5 cm³/mol. The predicted octanol–water partition coefficient (Wildman–Crippen LogP) is 2.33. The molecule has 0 saturated carbocycles. The van der Waals surface area contributed by atoms with E-state index in [0.717, 1.165) is 12.1 Å². The summed E-state index contributed by atoms with van der Waals surface area (Å²) in [6.07, 6.45) is 0. The summed E-state index contributed by atoms with van der Waals surface area (Å²) in [5.74, 6) is -1.37. The van der Waals surface area contributed by atoms with E-state index in [4.69, 9.17) is 21.1 Å². The van der Waals surface area contributed by atoms with Crippen LogP contribution in [0.1, 0.15) is 10.4 Å². The molecule has 0 unspecified atom stereocenters. The van der Waals surface area contributed by atoms with Crippen LogP contribution in [0.15, 0.2) is 42.5 Å². The molecule has 0 aliphatic heterocycles. The van der Waals surface area contributed by atoms with Crippen LogP contribution in [0.4, 0.5) is 4.39 Å². The van der Waals surface area contributed by atoms with Crippen LogP contribution in [0.25, 0.3) is 0 Å². The molecule has 0 heterocycles. The molecule has 8 heteroatoms. The maximum absolute atomic E-state index is 13.5. The van der Waals surface area contributed by atoms with E-state index in [1.165, 1.54) is 13.2 Å². The molecule has 0 bridgehead atoms. The van der Waals surface area contributed by atoms with E-state index in [-0.39, 0.29) is 17.2 Å². The Hall–Kier alpha value is -2.80. The fraction of sp³-hybridized carbons (Fsp3) is 0.125. The monoisotopic (exact) mass is 352 g/mol. The highest BCUT2D eigenvalue weighted by Crippen LogP contribution is 2.25. The fourth-order valence-electron chi connectivity index (χ4n) is 1.78. The van der Waals surface area contributed by atoms with Crippen molar-refractivity contribution in [1.29, 1.82) is 0 Å². The number of benzene rings is 2. The molecule has 0 aliphatic carbocycles. The highest BCUT2D eigenvalue weighted by atomic mass is 35.5. The van der Waals surface area contributed by atoms with Crippen molar-refractivity contribution in [2.24, 2.45) is 0 Å². The van der Waals surface area contributed by atoms with E-state index in [2.05, 4.69) is 10.9 Å². The van der Waals surface area contributed by atoms with Gasteiger partial charge in [0.15, 0.2) is 18.1 Å². The van der Waals surface area contributed by atoms with Gasteiger partial charge in [0.05, 0.1) is 12.7 Å². The molecule has 0 fully saturated rings. The number of hydrogen-bond acceptors (Lipinski definition) is 4. The van der Waals surface area contributed by atoms with Gasteiger partial charge in [-0.05, 0) is 30.3 Å². The number of halogens is 2. The summed E-state index contributed by atoms with van der Waals surface area (Å²) >= 11 is 5.70. The van der Waals surface area contributed by atoms with Gasteiger partial charge < -0.3 is 9.47 Å². The maximum atomic E-state index is 13.5. The molecular weight excluding hydrogens is 339 g/mol. The molecule has 24 heavy (non-hydrogen) atoms. The second kappa shape index (κ2) is 8.16. The number of para-hydroxylation sites is 2. The Morgan fingerprint density at radius 3 is 2.54 bits per heavy atom. The van der Waals surface area contributed by atoms with Gasteiger partial charge in [-0.2, -0.15) is 0 Å². The molecule has 0 radical (unpaired) electrons. The Morgan fingerprint density at radius 2 is 1.83 bits per heavy atom. The van der Waals surface area contributed by atoms with Crippen LogP contribution in [-0.2, 0) is 4.79 Å². The van der Waals surface area contributed by atoms with Crippen molar-refractivity contribution in [3.05, 3.63) is 58.9 Å². The lowest BCUT2D eigenvalue weighted by molar-refractivity contribution is -0.123. The van der Waals surface area contributed by atoms with Crippen LogP contribution in [-0.4, -0.2) is 25.5 Å². The van der Waals surface area contributed by atoms with Gasteiger partial charge in [0, 0.05) is 5.02 Å². The number of carbonyl (C=O) groups excluding carboxylic acids is 2. The third-order valence-corrected chi connectivity index (χ3v) is 3.15. The zero-order valence-corrected chi connectivity index (χ0v) is 13.4. The first-order valence-corrected chi connectivity index (χ1v) is 7.19. The SMILES string of the molecule is COc1ccccc1OCC(=O)NNC(=O)c1cc(Cl)ccc1F. The van der Waals surface area contributed by atoms with Gasteiger partial charge in [-0.15, -0.1) is 0 Å². The number of methoxy groups -OCH3 is 1. The smallest absolute Gasteiger partial charge is 0.276 e. The minimum absolute atomic E-state index is 0.201. The largest absolute Gasteiger partial charge is 0.493 e. The molecule has 2 N–H and O–H groups in total. The van der Waals surface area contributed by atoms with Crippen molar-refractivity contribution in [3.63, 3.8) is 0 Å². The van der Waals surface area contributed by atoms with Crippen LogP contribution in [0.2, 0.25) is 5.02 Å². The topological polar surface area (TPSA) is 76.7 Å². The third-order valence-electron chi connectivity index (χ3n) is 2.92. The second-order valence-corrected chi connectivity index (χ2v) is 5.00. The lowest BCUT2D eigenvalue weighted by atomic mass is 10.2. The van der Waals surface area contributed by atoms with Gasteiger partial charge in [-0.3, -0.25) is 20.4 Å². The molecule has 0 spiro atoms. The van der Waals surface area contributed by atoms with E-state index in [1.807, 2.05) is 0 Å². The molecular formula is C16H14ClFN2O4. The molecule has 2 aromatic carbocycles. The summed E-state index contributed by atoms with van der Waals surface area (Å²) in [4.78, 5) is 23.5. The summed E-state index contributed by atoms with van der Waals surface area (Å²) in [7, 11) is 1.47. The summed E-state index contributed by atoms with van der Waals surface area (Å²) in [5.41, 5.74) is 3.92. The number of amides is 2. The summed E-state index contributed by atoms with van der Waals surface area (Å²) in [5, 5.41) is 0.201.